The first-order valence-electron chi connectivity index (χ1n) is 8.33. The molecule has 4 aromatic rings. The highest BCUT2D eigenvalue weighted by Gasteiger charge is 2.18. The van der Waals surface area contributed by atoms with E-state index in [4.69, 9.17) is 9.40 Å². The molecule has 2 aromatic heterocycles. The van der Waals surface area contributed by atoms with E-state index >= 15 is 0 Å². The van der Waals surface area contributed by atoms with Crippen molar-refractivity contribution in [1.29, 1.82) is 0 Å². The first-order valence-corrected chi connectivity index (χ1v) is 11.8. The monoisotopic (exact) mass is 331 g/mol. The summed E-state index contributed by atoms with van der Waals surface area (Å²) >= 11 is 0. The molecular formula is C21H21NOSi. The van der Waals surface area contributed by atoms with E-state index in [2.05, 4.69) is 63.0 Å². The van der Waals surface area contributed by atoms with Crippen molar-refractivity contribution in [3.05, 3.63) is 60.3 Å². The Bertz CT molecular complexity index is 1040. The van der Waals surface area contributed by atoms with Crippen LogP contribution in [0, 0.1) is 6.92 Å². The summed E-state index contributed by atoms with van der Waals surface area (Å²) in [6.07, 6.45) is 2.04. The van der Waals surface area contributed by atoms with Crippen LogP contribution >= 0.6 is 0 Å². The van der Waals surface area contributed by atoms with Crippen molar-refractivity contribution in [2.45, 2.75) is 26.6 Å². The molecular weight excluding hydrogens is 310 g/mol. The fraction of sp³-hybridized carbons (Fsp3) is 0.190. The summed E-state index contributed by atoms with van der Waals surface area (Å²) in [7, 11) is -1.33. The number of benzene rings is 2. The zero-order valence-corrected chi connectivity index (χ0v) is 15.6. The molecule has 2 nitrogen and oxygen atoms in total. The van der Waals surface area contributed by atoms with Gasteiger partial charge in [0.05, 0.1) is 13.8 Å². The number of aryl methyl sites for hydroxylation is 1. The third-order valence-corrected chi connectivity index (χ3v) is 6.67. The Hall–Kier alpha value is -2.39. The summed E-state index contributed by atoms with van der Waals surface area (Å²) in [4.78, 5) is 4.74. The van der Waals surface area contributed by atoms with Crippen molar-refractivity contribution in [3.8, 4) is 11.3 Å². The van der Waals surface area contributed by atoms with Crippen LogP contribution in [0.2, 0.25) is 19.6 Å². The topological polar surface area (TPSA) is 26.0 Å². The van der Waals surface area contributed by atoms with Gasteiger partial charge in [-0.2, -0.15) is 0 Å². The third-order valence-electron chi connectivity index (χ3n) is 4.64. The summed E-state index contributed by atoms with van der Waals surface area (Å²) in [5, 5.41) is 3.74. The van der Waals surface area contributed by atoms with Crippen molar-refractivity contribution in [2.75, 3.05) is 0 Å². The number of fused-ring (bicyclic) bond motifs is 3. The fourth-order valence-corrected chi connectivity index (χ4v) is 4.23. The minimum Gasteiger partial charge on any atom is -0.455 e. The molecule has 0 saturated carbocycles. The number of para-hydroxylation sites is 1. The number of rotatable bonds is 2. The van der Waals surface area contributed by atoms with Gasteiger partial charge in [0.1, 0.15) is 11.2 Å². The van der Waals surface area contributed by atoms with Crippen LogP contribution in [0.4, 0.5) is 0 Å². The lowest BCUT2D eigenvalue weighted by Crippen LogP contribution is -2.37. The van der Waals surface area contributed by atoms with Gasteiger partial charge in [0, 0.05) is 22.5 Å². The van der Waals surface area contributed by atoms with Gasteiger partial charge in [0.2, 0.25) is 0 Å². The summed E-state index contributed by atoms with van der Waals surface area (Å²) < 4.78 is 6.19. The van der Waals surface area contributed by atoms with Crippen molar-refractivity contribution in [1.82, 2.24) is 4.98 Å². The van der Waals surface area contributed by atoms with Crippen LogP contribution in [0.15, 0.2) is 59.1 Å². The summed E-state index contributed by atoms with van der Waals surface area (Å²) in [6, 6.07) is 16.9. The van der Waals surface area contributed by atoms with E-state index in [1.54, 1.807) is 0 Å². The van der Waals surface area contributed by atoms with Crippen LogP contribution in [-0.2, 0) is 0 Å². The third kappa shape index (κ3) is 2.36. The Morgan fingerprint density at radius 2 is 1.71 bits per heavy atom. The van der Waals surface area contributed by atoms with Gasteiger partial charge < -0.3 is 4.42 Å². The van der Waals surface area contributed by atoms with Gasteiger partial charge in [-0.3, -0.25) is 4.98 Å². The van der Waals surface area contributed by atoms with Gasteiger partial charge in [-0.15, -0.1) is 0 Å². The normalized spacial score (nSPS) is 12.2. The smallest absolute Gasteiger partial charge is 0.145 e. The average molecular weight is 331 g/mol. The predicted octanol–water partition coefficient (Wildman–Crippen LogP) is 5.50. The zero-order chi connectivity index (χ0) is 16.9. The second-order valence-electron chi connectivity index (χ2n) is 7.41. The molecule has 3 heteroatoms. The molecule has 0 unspecified atom stereocenters. The SMILES string of the molecule is Cc1ccc(-c2ccc([Si](C)(C)C)cn2)c2oc3ccccc3c12. The molecule has 24 heavy (non-hydrogen) atoms. The van der Waals surface area contributed by atoms with Crippen LogP contribution < -0.4 is 5.19 Å². The second-order valence-corrected chi connectivity index (χ2v) is 12.5. The molecule has 0 bridgehead atoms. The highest BCUT2D eigenvalue weighted by atomic mass is 28.3. The van der Waals surface area contributed by atoms with E-state index in [1.165, 1.54) is 21.5 Å². The van der Waals surface area contributed by atoms with Gasteiger partial charge in [-0.05, 0) is 35.9 Å². The summed E-state index contributed by atoms with van der Waals surface area (Å²) in [5.74, 6) is 0. The Morgan fingerprint density at radius 1 is 0.917 bits per heavy atom. The molecule has 2 heterocycles. The number of nitrogens with zero attached hydrogens (tertiary/aromatic N) is 1. The largest absolute Gasteiger partial charge is 0.455 e. The first-order chi connectivity index (χ1) is 11.4. The number of aromatic nitrogens is 1. The van der Waals surface area contributed by atoms with Crippen LogP contribution in [0.5, 0.6) is 0 Å². The van der Waals surface area contributed by atoms with E-state index in [0.29, 0.717) is 0 Å². The first kappa shape index (κ1) is 15.2. The van der Waals surface area contributed by atoms with E-state index in [-0.39, 0.29) is 0 Å². The molecule has 0 saturated heterocycles. The highest BCUT2D eigenvalue weighted by Crippen LogP contribution is 2.36. The zero-order valence-electron chi connectivity index (χ0n) is 14.6. The molecule has 0 fully saturated rings. The molecule has 4 rings (SSSR count). The van der Waals surface area contributed by atoms with E-state index in [0.717, 1.165) is 22.4 Å². The maximum absolute atomic E-state index is 6.19. The van der Waals surface area contributed by atoms with Gasteiger partial charge in [-0.1, -0.05) is 50.0 Å². The molecule has 0 atom stereocenters. The molecule has 2 aromatic carbocycles. The van der Waals surface area contributed by atoms with Crippen LogP contribution in [0.1, 0.15) is 5.56 Å². The Morgan fingerprint density at radius 3 is 2.42 bits per heavy atom. The van der Waals surface area contributed by atoms with Gasteiger partial charge in [0.25, 0.3) is 0 Å². The quantitative estimate of drug-likeness (QED) is 0.453. The van der Waals surface area contributed by atoms with Crippen LogP contribution in [0.25, 0.3) is 33.2 Å². The predicted molar refractivity (Wildman–Crippen MR) is 105 cm³/mol. The van der Waals surface area contributed by atoms with E-state index < -0.39 is 8.07 Å². The summed E-state index contributed by atoms with van der Waals surface area (Å²) in [5.41, 5.74) is 5.14. The molecule has 0 N–H and O–H groups in total. The fourth-order valence-electron chi connectivity index (χ4n) is 3.19. The van der Waals surface area contributed by atoms with Crippen molar-refractivity contribution in [3.63, 3.8) is 0 Å². The lowest BCUT2D eigenvalue weighted by molar-refractivity contribution is 0.669. The van der Waals surface area contributed by atoms with Crippen LogP contribution in [-0.4, -0.2) is 13.1 Å². The van der Waals surface area contributed by atoms with Crippen LogP contribution in [0.3, 0.4) is 0 Å². The highest BCUT2D eigenvalue weighted by molar-refractivity contribution is 6.88. The maximum atomic E-state index is 6.19. The molecule has 0 aliphatic heterocycles. The van der Waals surface area contributed by atoms with E-state index in [1.807, 2.05) is 18.3 Å². The van der Waals surface area contributed by atoms with Crippen molar-refractivity contribution in [2.24, 2.45) is 0 Å². The number of pyridine rings is 1. The van der Waals surface area contributed by atoms with Crippen molar-refractivity contribution >= 4 is 35.2 Å². The Labute approximate surface area is 143 Å². The minimum absolute atomic E-state index is 0.932. The molecule has 0 spiro atoms. The number of hydrogen-bond acceptors (Lipinski definition) is 2. The van der Waals surface area contributed by atoms with Crippen molar-refractivity contribution < 1.29 is 4.42 Å². The summed E-state index contributed by atoms with van der Waals surface area (Å²) in [6.45, 7) is 9.16. The Kier molecular flexibility index (Phi) is 3.36. The maximum Gasteiger partial charge on any atom is 0.145 e. The lowest BCUT2D eigenvalue weighted by atomic mass is 10.0. The van der Waals surface area contributed by atoms with Gasteiger partial charge in [-0.25, -0.2) is 0 Å². The number of furan rings is 1. The second kappa shape index (κ2) is 5.31. The van der Waals surface area contributed by atoms with E-state index in [9.17, 15) is 0 Å². The minimum atomic E-state index is -1.33. The number of hydrogen-bond donors (Lipinski definition) is 0. The molecule has 0 aliphatic carbocycles. The molecule has 0 aliphatic rings. The average Bonchev–Trinajstić information content (AvgIpc) is 2.95. The standard InChI is InChI=1S/C21H21NOSi/c1-14-9-11-16(18-12-10-15(13-22-18)24(2,3)4)21-20(14)17-7-5-6-8-19(17)23-21/h5-13H,1-4H3. The molecule has 0 amide bonds. The van der Waals surface area contributed by atoms with Gasteiger partial charge in [0.15, 0.2) is 0 Å². The lowest BCUT2D eigenvalue weighted by Gasteiger charge is -2.16. The Balaban J connectivity index is 1.96. The van der Waals surface area contributed by atoms with Gasteiger partial charge >= 0.3 is 0 Å². The molecule has 120 valence electrons. The molecule has 0 radical (unpaired) electrons.